The molecule has 0 radical (unpaired) electrons. The van der Waals surface area contributed by atoms with Gasteiger partial charge in [0.2, 0.25) is 5.95 Å². The summed E-state index contributed by atoms with van der Waals surface area (Å²) in [6.07, 6.45) is 0.439. The molecule has 1 aromatic carbocycles. The van der Waals surface area contributed by atoms with E-state index >= 15 is 0 Å². The van der Waals surface area contributed by atoms with Gasteiger partial charge in [-0.25, -0.2) is 4.98 Å². The van der Waals surface area contributed by atoms with E-state index in [1.807, 2.05) is 6.92 Å². The van der Waals surface area contributed by atoms with E-state index in [0.29, 0.717) is 35.5 Å². The zero-order valence-electron chi connectivity index (χ0n) is 13.7. The summed E-state index contributed by atoms with van der Waals surface area (Å²) in [6.45, 7) is -0.690. The highest BCUT2D eigenvalue weighted by atomic mass is 19.3. The largest absolute Gasteiger partial charge is 0.434 e. The second kappa shape index (κ2) is 7.38. The van der Waals surface area contributed by atoms with Crippen molar-refractivity contribution < 1.29 is 22.7 Å². The molecule has 0 saturated carbocycles. The van der Waals surface area contributed by atoms with Crippen molar-refractivity contribution in [2.75, 3.05) is 0 Å². The Labute approximate surface area is 147 Å². The fraction of sp³-hybridized carbons (Fsp3) is 0.167. The van der Waals surface area contributed by atoms with E-state index in [1.165, 1.54) is 24.3 Å². The van der Waals surface area contributed by atoms with Crippen molar-refractivity contribution in [3.05, 3.63) is 54.0 Å². The maximum Gasteiger partial charge on any atom is 0.387 e. The first-order chi connectivity index (χ1) is 12.5. The minimum atomic E-state index is -3.05. The van der Waals surface area contributed by atoms with Crippen LogP contribution in [-0.4, -0.2) is 27.7 Å². The molecule has 0 aliphatic rings. The summed E-state index contributed by atoms with van der Waals surface area (Å²) in [5, 5.41) is 4.40. The molecule has 5 nitrogen and oxygen atoms in total. The fourth-order valence-electron chi connectivity index (χ4n) is 2.55. The number of rotatable bonds is 6. The zero-order valence-corrected chi connectivity index (χ0v) is 13.7. The van der Waals surface area contributed by atoms with Gasteiger partial charge >= 0.3 is 6.61 Å². The molecule has 2 aromatic heterocycles. The second-order valence-electron chi connectivity index (χ2n) is 5.33. The van der Waals surface area contributed by atoms with E-state index in [4.69, 9.17) is 0 Å². The number of benzene rings is 1. The molecular formula is C18H14F3N3O2. The first-order valence-electron chi connectivity index (χ1n) is 7.77. The monoisotopic (exact) mass is 361 g/mol. The van der Waals surface area contributed by atoms with E-state index in [0.717, 1.165) is 0 Å². The van der Waals surface area contributed by atoms with Crippen LogP contribution < -0.4 is 4.74 Å². The third-order valence-electron chi connectivity index (χ3n) is 3.71. The first kappa shape index (κ1) is 17.7. The first-order valence-corrected chi connectivity index (χ1v) is 7.77. The Morgan fingerprint density at radius 1 is 1.19 bits per heavy atom. The number of aryl methyl sites for hydroxylation is 1. The van der Waals surface area contributed by atoms with Gasteiger partial charge in [-0.15, -0.1) is 0 Å². The van der Waals surface area contributed by atoms with Crippen molar-refractivity contribution in [1.29, 1.82) is 0 Å². The highest BCUT2D eigenvalue weighted by Gasteiger charge is 2.15. The Bertz CT molecular complexity index is 941. The van der Waals surface area contributed by atoms with Gasteiger partial charge in [-0.05, 0) is 37.3 Å². The standard InChI is InChI=1S/C18H14F3N3O2/c1-2-24-15(13-4-3-5-17(19)22-13)9-14(23-24)11-6-7-12(10-25)16(8-11)26-18(20)21/h3-10,18H,2H2,1H3. The predicted octanol–water partition coefficient (Wildman–Crippen LogP) is 4.19. The lowest BCUT2D eigenvalue weighted by atomic mass is 10.1. The molecule has 134 valence electrons. The van der Waals surface area contributed by atoms with Gasteiger partial charge in [-0.2, -0.15) is 18.3 Å². The summed E-state index contributed by atoms with van der Waals surface area (Å²) < 4.78 is 44.5. The molecule has 0 unspecified atom stereocenters. The van der Waals surface area contributed by atoms with Crippen molar-refractivity contribution in [3.8, 4) is 28.4 Å². The van der Waals surface area contributed by atoms with Crippen LogP contribution in [0.5, 0.6) is 5.75 Å². The van der Waals surface area contributed by atoms with Gasteiger partial charge < -0.3 is 4.74 Å². The molecule has 0 fully saturated rings. The minimum Gasteiger partial charge on any atom is -0.434 e. The van der Waals surface area contributed by atoms with Crippen LogP contribution in [0.1, 0.15) is 17.3 Å². The lowest BCUT2D eigenvalue weighted by Crippen LogP contribution is -2.04. The average Bonchev–Trinajstić information content (AvgIpc) is 3.05. The third kappa shape index (κ3) is 3.58. The maximum absolute atomic E-state index is 13.4. The van der Waals surface area contributed by atoms with Crippen LogP contribution in [0.4, 0.5) is 13.2 Å². The lowest BCUT2D eigenvalue weighted by molar-refractivity contribution is -0.0500. The Hall–Kier alpha value is -3.16. The van der Waals surface area contributed by atoms with Crippen molar-refractivity contribution in [2.45, 2.75) is 20.1 Å². The molecule has 0 bridgehead atoms. The summed E-state index contributed by atoms with van der Waals surface area (Å²) >= 11 is 0. The molecule has 26 heavy (non-hydrogen) atoms. The van der Waals surface area contributed by atoms with Gasteiger partial charge in [0.25, 0.3) is 0 Å². The minimum absolute atomic E-state index is 0.0102. The van der Waals surface area contributed by atoms with E-state index in [-0.39, 0.29) is 11.3 Å². The van der Waals surface area contributed by atoms with Crippen molar-refractivity contribution >= 4 is 6.29 Å². The van der Waals surface area contributed by atoms with Crippen LogP contribution in [0.15, 0.2) is 42.5 Å². The average molecular weight is 361 g/mol. The summed E-state index contributed by atoms with van der Waals surface area (Å²) in [7, 11) is 0. The van der Waals surface area contributed by atoms with Gasteiger partial charge in [0.15, 0.2) is 6.29 Å². The van der Waals surface area contributed by atoms with Crippen LogP contribution in [0.25, 0.3) is 22.6 Å². The summed E-state index contributed by atoms with van der Waals surface area (Å²) in [6, 6.07) is 10.4. The van der Waals surface area contributed by atoms with E-state index in [2.05, 4.69) is 14.8 Å². The van der Waals surface area contributed by atoms with Gasteiger partial charge in [-0.3, -0.25) is 9.48 Å². The van der Waals surface area contributed by atoms with Crippen molar-refractivity contribution in [3.63, 3.8) is 0 Å². The van der Waals surface area contributed by atoms with Gasteiger partial charge in [-0.1, -0.05) is 12.1 Å². The Balaban J connectivity index is 2.06. The number of alkyl halides is 2. The van der Waals surface area contributed by atoms with Crippen LogP contribution in [0.2, 0.25) is 0 Å². The van der Waals surface area contributed by atoms with Gasteiger partial charge in [0.1, 0.15) is 5.75 Å². The SMILES string of the molecule is CCn1nc(-c2ccc(C=O)c(OC(F)F)c2)cc1-c1cccc(F)n1. The molecule has 0 spiro atoms. The van der Waals surface area contributed by atoms with Crippen LogP contribution in [-0.2, 0) is 6.54 Å². The molecule has 0 atom stereocenters. The van der Waals surface area contributed by atoms with Crippen molar-refractivity contribution in [1.82, 2.24) is 14.8 Å². The number of ether oxygens (including phenoxy) is 1. The number of nitrogens with zero attached hydrogens (tertiary/aromatic N) is 3. The number of hydrogen-bond donors (Lipinski definition) is 0. The number of carbonyl (C=O) groups is 1. The van der Waals surface area contributed by atoms with Crippen LogP contribution >= 0.6 is 0 Å². The van der Waals surface area contributed by atoms with Crippen LogP contribution in [0, 0.1) is 5.95 Å². The van der Waals surface area contributed by atoms with E-state index in [9.17, 15) is 18.0 Å². The molecular weight excluding hydrogens is 347 g/mol. The molecule has 8 heteroatoms. The molecule has 2 heterocycles. The number of aldehydes is 1. The van der Waals surface area contributed by atoms with E-state index < -0.39 is 12.6 Å². The number of carbonyl (C=O) groups excluding carboxylic acids is 1. The quantitative estimate of drug-likeness (QED) is 0.488. The Morgan fingerprint density at radius 3 is 2.65 bits per heavy atom. The molecule has 0 N–H and O–H groups in total. The normalized spacial score (nSPS) is 11.0. The lowest BCUT2D eigenvalue weighted by Gasteiger charge is -2.08. The summed E-state index contributed by atoms with van der Waals surface area (Å²) in [4.78, 5) is 14.8. The third-order valence-corrected chi connectivity index (χ3v) is 3.71. The zero-order chi connectivity index (χ0) is 18.7. The molecule has 0 saturated heterocycles. The molecule has 0 aliphatic carbocycles. The van der Waals surface area contributed by atoms with Gasteiger partial charge in [0.05, 0.1) is 22.6 Å². The molecule has 3 aromatic rings. The number of hydrogen-bond acceptors (Lipinski definition) is 4. The van der Waals surface area contributed by atoms with Gasteiger partial charge in [0, 0.05) is 12.1 Å². The molecule has 3 rings (SSSR count). The molecule has 0 amide bonds. The number of halogens is 3. The smallest absolute Gasteiger partial charge is 0.387 e. The van der Waals surface area contributed by atoms with Crippen molar-refractivity contribution in [2.24, 2.45) is 0 Å². The van der Waals surface area contributed by atoms with E-state index in [1.54, 1.807) is 22.9 Å². The highest BCUT2D eigenvalue weighted by Crippen LogP contribution is 2.30. The topological polar surface area (TPSA) is 57.0 Å². The molecule has 0 aliphatic heterocycles. The summed E-state index contributed by atoms with van der Waals surface area (Å²) in [5.41, 5.74) is 1.94. The Kier molecular flexibility index (Phi) is 5.01. The summed E-state index contributed by atoms with van der Waals surface area (Å²) in [5.74, 6) is -0.847. The maximum atomic E-state index is 13.4. The fourth-order valence-corrected chi connectivity index (χ4v) is 2.55. The second-order valence-corrected chi connectivity index (χ2v) is 5.33. The predicted molar refractivity (Wildman–Crippen MR) is 88.5 cm³/mol. The Morgan fingerprint density at radius 2 is 2.00 bits per heavy atom. The highest BCUT2D eigenvalue weighted by molar-refractivity contribution is 5.81. The number of aromatic nitrogens is 3. The number of pyridine rings is 1. The van der Waals surface area contributed by atoms with Crippen LogP contribution in [0.3, 0.4) is 0 Å².